The predicted octanol–water partition coefficient (Wildman–Crippen LogP) is 0.270. The van der Waals surface area contributed by atoms with Gasteiger partial charge in [-0.1, -0.05) is 30.3 Å². The summed E-state index contributed by atoms with van der Waals surface area (Å²) in [6.45, 7) is -0.791. The third kappa shape index (κ3) is 8.96. The lowest BCUT2D eigenvalue weighted by atomic mass is 10.0. The fourth-order valence-electron chi connectivity index (χ4n) is 4.22. The number of fused-ring (bicyclic) bond motifs is 1. The van der Waals surface area contributed by atoms with Crippen LogP contribution in [0.25, 0.3) is 10.9 Å². The second-order valence-corrected chi connectivity index (χ2v) is 10.5. The van der Waals surface area contributed by atoms with Crippen LogP contribution >= 0.6 is 11.8 Å². The number of hydrogen-bond acceptors (Lipinski definition) is 8. The number of nitrogens with one attached hydrogen (secondary N) is 4. The smallest absolute Gasteiger partial charge is 0.326 e. The molecule has 0 aliphatic carbocycles. The van der Waals surface area contributed by atoms with Gasteiger partial charge in [-0.2, -0.15) is 11.8 Å². The first kappa shape index (κ1) is 31.5. The molecule has 3 amide bonds. The lowest BCUT2D eigenvalue weighted by Gasteiger charge is -2.24. The Labute approximate surface area is 241 Å². The average Bonchev–Trinajstić information content (AvgIpc) is 3.36. The van der Waals surface area contributed by atoms with Gasteiger partial charge in [-0.25, -0.2) is 4.79 Å². The van der Waals surface area contributed by atoms with Crippen LogP contribution in [0.2, 0.25) is 0 Å². The van der Waals surface area contributed by atoms with E-state index in [4.69, 9.17) is 5.73 Å². The zero-order valence-corrected chi connectivity index (χ0v) is 23.3. The summed E-state index contributed by atoms with van der Waals surface area (Å²) < 4.78 is 0. The number of carbonyl (C=O) groups is 4. The molecule has 0 radical (unpaired) electrons. The van der Waals surface area contributed by atoms with E-state index in [0.717, 1.165) is 16.5 Å². The summed E-state index contributed by atoms with van der Waals surface area (Å²) in [6, 6.07) is 8.77. The molecular formula is C28H35N5O7S. The fourth-order valence-corrected chi connectivity index (χ4v) is 4.69. The number of phenolic OH excluding ortho intramolecular Hbond substituents is 1. The van der Waals surface area contributed by atoms with Crippen LogP contribution in [0, 0.1) is 0 Å². The van der Waals surface area contributed by atoms with Crippen LogP contribution < -0.4 is 21.7 Å². The number of aromatic nitrogens is 1. The molecule has 12 nitrogen and oxygen atoms in total. The first-order valence-electron chi connectivity index (χ1n) is 12.9. The quantitative estimate of drug-likeness (QED) is 0.123. The maximum Gasteiger partial charge on any atom is 0.326 e. The molecule has 9 N–H and O–H groups in total. The lowest BCUT2D eigenvalue weighted by Crippen LogP contribution is -2.58. The number of aliphatic carboxylic acids is 1. The molecule has 0 saturated heterocycles. The minimum Gasteiger partial charge on any atom is -0.508 e. The molecule has 1 aromatic heterocycles. The Morgan fingerprint density at radius 1 is 0.902 bits per heavy atom. The molecule has 0 spiro atoms. The number of carboxylic acid groups (broad SMARTS) is 1. The number of aromatic amines is 1. The minimum atomic E-state index is -1.45. The summed E-state index contributed by atoms with van der Waals surface area (Å²) in [5.74, 6) is -2.92. The van der Waals surface area contributed by atoms with E-state index in [9.17, 15) is 34.5 Å². The molecule has 0 saturated carbocycles. The Morgan fingerprint density at radius 2 is 1.54 bits per heavy atom. The van der Waals surface area contributed by atoms with Gasteiger partial charge in [-0.05, 0) is 54.2 Å². The highest BCUT2D eigenvalue weighted by Crippen LogP contribution is 2.19. The highest BCUT2D eigenvalue weighted by atomic mass is 32.2. The van der Waals surface area contributed by atoms with E-state index in [1.54, 1.807) is 24.6 Å². The molecule has 4 unspecified atom stereocenters. The second kappa shape index (κ2) is 15.1. The Morgan fingerprint density at radius 3 is 2.20 bits per heavy atom. The van der Waals surface area contributed by atoms with E-state index in [0.29, 0.717) is 11.3 Å². The Balaban J connectivity index is 1.77. The van der Waals surface area contributed by atoms with Gasteiger partial charge in [-0.15, -0.1) is 0 Å². The number of para-hydroxylation sites is 1. The third-order valence-corrected chi connectivity index (χ3v) is 7.15. The zero-order valence-electron chi connectivity index (χ0n) is 22.5. The summed E-state index contributed by atoms with van der Waals surface area (Å²) in [6.07, 6.45) is 3.86. The van der Waals surface area contributed by atoms with E-state index in [-0.39, 0.29) is 25.0 Å². The van der Waals surface area contributed by atoms with Crippen molar-refractivity contribution in [3.8, 4) is 5.75 Å². The van der Waals surface area contributed by atoms with Gasteiger partial charge in [0.2, 0.25) is 17.7 Å². The monoisotopic (exact) mass is 585 g/mol. The zero-order chi connectivity index (χ0) is 29.9. The number of amides is 3. The van der Waals surface area contributed by atoms with Crippen LogP contribution in [-0.4, -0.2) is 86.8 Å². The van der Waals surface area contributed by atoms with Crippen molar-refractivity contribution in [1.82, 2.24) is 20.9 Å². The molecule has 2 aromatic carbocycles. The number of aliphatic hydroxyl groups excluding tert-OH is 1. The van der Waals surface area contributed by atoms with Crippen molar-refractivity contribution in [2.75, 3.05) is 18.6 Å². The normalized spacial score (nSPS) is 14.0. The van der Waals surface area contributed by atoms with Crippen molar-refractivity contribution >= 4 is 46.4 Å². The number of rotatable bonds is 15. The van der Waals surface area contributed by atoms with Gasteiger partial charge in [0.05, 0.1) is 12.6 Å². The molecule has 13 heteroatoms. The van der Waals surface area contributed by atoms with Crippen molar-refractivity contribution in [1.29, 1.82) is 0 Å². The first-order chi connectivity index (χ1) is 19.6. The fraction of sp³-hybridized carbons (Fsp3) is 0.357. The maximum atomic E-state index is 13.4. The van der Waals surface area contributed by atoms with Crippen molar-refractivity contribution in [3.05, 3.63) is 65.9 Å². The minimum absolute atomic E-state index is 0.0404. The van der Waals surface area contributed by atoms with Gasteiger partial charge in [0.15, 0.2) is 0 Å². The van der Waals surface area contributed by atoms with Crippen molar-refractivity contribution in [3.63, 3.8) is 0 Å². The van der Waals surface area contributed by atoms with Gasteiger partial charge >= 0.3 is 5.97 Å². The third-order valence-electron chi connectivity index (χ3n) is 6.50. The highest BCUT2D eigenvalue weighted by Gasteiger charge is 2.30. The van der Waals surface area contributed by atoms with Crippen LogP contribution in [0.5, 0.6) is 5.75 Å². The molecule has 220 valence electrons. The number of nitrogens with two attached hydrogens (primary N) is 1. The van der Waals surface area contributed by atoms with Crippen molar-refractivity contribution in [2.45, 2.75) is 43.4 Å². The number of benzene rings is 2. The van der Waals surface area contributed by atoms with E-state index in [1.807, 2.05) is 24.3 Å². The molecular weight excluding hydrogens is 550 g/mol. The van der Waals surface area contributed by atoms with Crippen LogP contribution in [0.4, 0.5) is 0 Å². The molecule has 4 atom stereocenters. The van der Waals surface area contributed by atoms with Gasteiger partial charge in [-0.3, -0.25) is 14.4 Å². The molecule has 0 aliphatic rings. The van der Waals surface area contributed by atoms with E-state index in [1.165, 1.54) is 23.9 Å². The Hall–Kier alpha value is -4.07. The number of H-pyrrole nitrogens is 1. The maximum absolute atomic E-state index is 13.4. The van der Waals surface area contributed by atoms with Gasteiger partial charge in [0, 0.05) is 23.5 Å². The molecule has 3 aromatic rings. The van der Waals surface area contributed by atoms with Crippen molar-refractivity contribution in [2.24, 2.45) is 5.73 Å². The number of thioether (sulfide) groups is 1. The Kier molecular flexibility index (Phi) is 11.6. The summed E-state index contributed by atoms with van der Waals surface area (Å²) >= 11 is 1.42. The Bertz CT molecular complexity index is 1350. The highest BCUT2D eigenvalue weighted by molar-refractivity contribution is 7.98. The number of carboxylic acids is 1. The van der Waals surface area contributed by atoms with E-state index in [2.05, 4.69) is 20.9 Å². The predicted molar refractivity (Wildman–Crippen MR) is 155 cm³/mol. The SMILES string of the molecule is CSCCC(NC(=O)C(CO)NC(=O)C(Cc1c[nH]c2ccccc12)NC(=O)C(N)Cc1ccc(O)cc1)C(=O)O. The number of aliphatic hydroxyl groups is 1. The van der Waals surface area contributed by atoms with E-state index < -0.39 is 54.5 Å². The molecule has 3 rings (SSSR count). The number of carbonyl (C=O) groups excluding carboxylic acids is 3. The molecule has 41 heavy (non-hydrogen) atoms. The average molecular weight is 586 g/mol. The van der Waals surface area contributed by atoms with Crippen LogP contribution in [0.3, 0.4) is 0 Å². The summed E-state index contributed by atoms with van der Waals surface area (Å²) in [4.78, 5) is 53.9. The molecule has 0 bridgehead atoms. The second-order valence-electron chi connectivity index (χ2n) is 9.53. The van der Waals surface area contributed by atoms with Crippen molar-refractivity contribution < 1.29 is 34.5 Å². The summed E-state index contributed by atoms with van der Waals surface area (Å²) in [5, 5.41) is 37.0. The van der Waals surface area contributed by atoms with Gasteiger partial charge in [0.25, 0.3) is 0 Å². The number of hydrogen-bond donors (Lipinski definition) is 8. The van der Waals surface area contributed by atoms with E-state index >= 15 is 0 Å². The summed E-state index contributed by atoms with van der Waals surface area (Å²) in [7, 11) is 0. The molecule has 0 fully saturated rings. The molecule has 1 heterocycles. The van der Waals surface area contributed by atoms with Crippen LogP contribution in [0.1, 0.15) is 17.5 Å². The first-order valence-corrected chi connectivity index (χ1v) is 14.3. The topological polar surface area (TPSA) is 207 Å². The number of aromatic hydroxyl groups is 1. The van der Waals surface area contributed by atoms with Gasteiger partial charge < -0.3 is 42.0 Å². The number of phenols is 1. The summed E-state index contributed by atoms with van der Waals surface area (Å²) in [5.41, 5.74) is 8.38. The van der Waals surface area contributed by atoms with Gasteiger partial charge in [0.1, 0.15) is 23.9 Å². The molecule has 0 aliphatic heterocycles. The largest absolute Gasteiger partial charge is 0.508 e. The lowest BCUT2D eigenvalue weighted by molar-refractivity contribution is -0.142. The standard InChI is InChI=1S/C28H35N5O7S/c1-41-11-10-22(28(39)40)31-27(38)24(15-34)33-26(37)23(13-17-14-30-21-5-3-2-4-19(17)21)32-25(36)20(29)12-16-6-8-18(35)9-7-16/h2-9,14,20,22-24,30,34-35H,10-13,15,29H2,1H3,(H,31,38)(H,32,36)(H,33,37)(H,39,40). The van der Waals surface area contributed by atoms with Crippen LogP contribution in [0.15, 0.2) is 54.7 Å². The van der Waals surface area contributed by atoms with Crippen LogP contribution in [-0.2, 0) is 32.0 Å².